The number of nitro groups is 1. The van der Waals surface area contributed by atoms with Gasteiger partial charge in [-0.05, 0) is 29.7 Å². The quantitative estimate of drug-likeness (QED) is 0.210. The topological polar surface area (TPSA) is 93.0 Å². The van der Waals surface area contributed by atoms with E-state index in [1.54, 1.807) is 36.4 Å². The summed E-state index contributed by atoms with van der Waals surface area (Å²) in [4.78, 5) is 45.9. The molecule has 0 aliphatic carbocycles. The van der Waals surface area contributed by atoms with Gasteiger partial charge in [0.05, 0.1) is 22.3 Å². The highest BCUT2D eigenvalue weighted by Gasteiger charge is 2.61. The van der Waals surface area contributed by atoms with Gasteiger partial charge < -0.3 is 0 Å². The van der Waals surface area contributed by atoms with Crippen LogP contribution in [-0.2, 0) is 14.4 Å². The highest BCUT2D eigenvalue weighted by Crippen LogP contribution is 2.50. The SMILES string of the molecule is O=C1C2ON(c3ccccc3)C(c3cc([N+](=O)[O-])ccc3Cl)C2C(=O)N1c1cccc2ccccc12. The maximum atomic E-state index is 14.0. The molecule has 0 spiro atoms. The van der Waals surface area contributed by atoms with Crippen LogP contribution in [0.1, 0.15) is 11.6 Å². The van der Waals surface area contributed by atoms with Crippen LogP contribution >= 0.6 is 11.6 Å². The van der Waals surface area contributed by atoms with E-state index in [-0.39, 0.29) is 10.7 Å². The Morgan fingerprint density at radius 3 is 2.36 bits per heavy atom. The molecule has 0 radical (unpaired) electrons. The molecular weight excluding hydrogens is 482 g/mol. The maximum Gasteiger partial charge on any atom is 0.269 e. The largest absolute Gasteiger partial charge is 0.273 e. The average molecular weight is 500 g/mol. The number of imide groups is 1. The minimum absolute atomic E-state index is 0.173. The van der Waals surface area contributed by atoms with Crippen LogP contribution in [0.4, 0.5) is 17.1 Å². The fourth-order valence-electron chi connectivity index (χ4n) is 5.04. The van der Waals surface area contributed by atoms with Crippen molar-refractivity contribution in [3.8, 4) is 0 Å². The molecule has 3 atom stereocenters. The van der Waals surface area contributed by atoms with E-state index in [4.69, 9.17) is 16.4 Å². The number of non-ortho nitro benzene ring substituents is 1. The number of amides is 2. The Morgan fingerprint density at radius 2 is 1.58 bits per heavy atom. The summed E-state index contributed by atoms with van der Waals surface area (Å²) in [5.41, 5.74) is 1.23. The third kappa shape index (κ3) is 3.34. The summed E-state index contributed by atoms with van der Waals surface area (Å²) in [5, 5.41) is 14.9. The summed E-state index contributed by atoms with van der Waals surface area (Å²) in [7, 11) is 0. The highest BCUT2D eigenvalue weighted by molar-refractivity contribution is 6.32. The fraction of sp³-hybridized carbons (Fsp3) is 0.111. The van der Waals surface area contributed by atoms with Gasteiger partial charge >= 0.3 is 0 Å². The van der Waals surface area contributed by atoms with E-state index in [1.165, 1.54) is 23.3 Å². The minimum atomic E-state index is -1.11. The minimum Gasteiger partial charge on any atom is -0.273 e. The number of carbonyl (C=O) groups excluding carboxylic acids is 2. The van der Waals surface area contributed by atoms with Crippen molar-refractivity contribution >= 4 is 51.2 Å². The monoisotopic (exact) mass is 499 g/mol. The van der Waals surface area contributed by atoms with Gasteiger partial charge in [-0.15, -0.1) is 0 Å². The predicted molar refractivity (Wildman–Crippen MR) is 135 cm³/mol. The van der Waals surface area contributed by atoms with E-state index in [9.17, 15) is 19.7 Å². The van der Waals surface area contributed by atoms with Crippen molar-refractivity contribution in [1.82, 2.24) is 0 Å². The molecule has 2 aliphatic rings. The number of halogens is 1. The Bertz CT molecular complexity index is 1540. The molecule has 4 aromatic rings. The lowest BCUT2D eigenvalue weighted by Crippen LogP contribution is -2.37. The molecule has 0 aromatic heterocycles. The molecule has 2 amide bonds. The lowest BCUT2D eigenvalue weighted by Gasteiger charge is -2.29. The number of hydrogen-bond donors (Lipinski definition) is 0. The number of rotatable bonds is 4. The standard InChI is InChI=1S/C27H18ClN3O5/c28-21-14-13-18(31(34)35)15-20(21)24-23-25(36-30(24)17-9-2-1-3-10-17)27(33)29(26(23)32)22-12-6-8-16-7-4-5-11-19(16)22/h1-15,23-25H. The van der Waals surface area contributed by atoms with Gasteiger partial charge in [0.15, 0.2) is 6.10 Å². The number of para-hydroxylation sites is 1. The van der Waals surface area contributed by atoms with Crippen LogP contribution in [0.5, 0.6) is 0 Å². The highest BCUT2D eigenvalue weighted by atomic mass is 35.5. The van der Waals surface area contributed by atoms with E-state index in [0.29, 0.717) is 16.9 Å². The summed E-state index contributed by atoms with van der Waals surface area (Å²) in [6.45, 7) is 0. The van der Waals surface area contributed by atoms with E-state index >= 15 is 0 Å². The van der Waals surface area contributed by atoms with Crippen molar-refractivity contribution in [3.63, 3.8) is 0 Å². The molecule has 2 fully saturated rings. The smallest absolute Gasteiger partial charge is 0.269 e. The van der Waals surface area contributed by atoms with E-state index in [1.807, 2.05) is 36.4 Å². The van der Waals surface area contributed by atoms with Crippen LogP contribution in [-0.4, -0.2) is 22.8 Å². The van der Waals surface area contributed by atoms with Gasteiger partial charge in [-0.1, -0.05) is 66.2 Å². The summed E-state index contributed by atoms with van der Waals surface area (Å²) in [6, 6.07) is 25.1. The van der Waals surface area contributed by atoms with Crippen molar-refractivity contribution in [2.24, 2.45) is 5.92 Å². The summed E-state index contributed by atoms with van der Waals surface area (Å²) >= 11 is 6.53. The van der Waals surface area contributed by atoms with Gasteiger partial charge in [-0.25, -0.2) is 9.96 Å². The second kappa shape index (κ2) is 8.44. The Labute approximate surface area is 210 Å². The van der Waals surface area contributed by atoms with Crippen LogP contribution in [0.15, 0.2) is 91.0 Å². The molecule has 2 heterocycles. The fourth-order valence-corrected chi connectivity index (χ4v) is 5.27. The zero-order valence-electron chi connectivity index (χ0n) is 18.7. The zero-order chi connectivity index (χ0) is 25.0. The first-order chi connectivity index (χ1) is 17.5. The average Bonchev–Trinajstić information content (AvgIpc) is 3.40. The first-order valence-corrected chi connectivity index (χ1v) is 11.6. The van der Waals surface area contributed by atoms with Crippen molar-refractivity contribution in [2.45, 2.75) is 12.1 Å². The molecule has 0 bridgehead atoms. The third-order valence-electron chi connectivity index (χ3n) is 6.64. The lowest BCUT2D eigenvalue weighted by molar-refractivity contribution is -0.384. The zero-order valence-corrected chi connectivity index (χ0v) is 19.4. The Hall–Kier alpha value is -4.27. The second-order valence-corrected chi connectivity index (χ2v) is 9.04. The molecule has 8 nitrogen and oxygen atoms in total. The van der Waals surface area contributed by atoms with Crippen LogP contribution in [0.2, 0.25) is 5.02 Å². The number of hydroxylamine groups is 1. The van der Waals surface area contributed by atoms with Gasteiger partial charge in [0.2, 0.25) is 5.91 Å². The number of hydrogen-bond acceptors (Lipinski definition) is 6. The van der Waals surface area contributed by atoms with Crippen molar-refractivity contribution in [1.29, 1.82) is 0 Å². The van der Waals surface area contributed by atoms with Crippen LogP contribution in [0.25, 0.3) is 10.8 Å². The molecule has 36 heavy (non-hydrogen) atoms. The number of benzene rings is 4. The van der Waals surface area contributed by atoms with E-state index in [0.717, 1.165) is 15.7 Å². The van der Waals surface area contributed by atoms with Gasteiger partial charge in [0.1, 0.15) is 5.92 Å². The Balaban J connectivity index is 1.50. The number of anilines is 2. The molecule has 178 valence electrons. The third-order valence-corrected chi connectivity index (χ3v) is 6.99. The molecule has 6 rings (SSSR count). The molecule has 4 aromatic carbocycles. The van der Waals surface area contributed by atoms with Gasteiger partial charge in [0.25, 0.3) is 11.6 Å². The molecular formula is C27H18ClN3O5. The first-order valence-electron chi connectivity index (χ1n) is 11.3. The first kappa shape index (κ1) is 22.2. The van der Waals surface area contributed by atoms with Crippen molar-refractivity contribution in [2.75, 3.05) is 9.96 Å². The molecule has 0 N–H and O–H groups in total. The Kier molecular flexibility index (Phi) is 5.21. The summed E-state index contributed by atoms with van der Waals surface area (Å²) < 4.78 is 0. The van der Waals surface area contributed by atoms with Gasteiger partial charge in [0, 0.05) is 28.1 Å². The number of carbonyl (C=O) groups is 2. The van der Waals surface area contributed by atoms with E-state index in [2.05, 4.69) is 0 Å². The van der Waals surface area contributed by atoms with Crippen LogP contribution < -0.4 is 9.96 Å². The van der Waals surface area contributed by atoms with Crippen LogP contribution in [0, 0.1) is 16.0 Å². The second-order valence-electron chi connectivity index (χ2n) is 8.63. The maximum absolute atomic E-state index is 14.0. The van der Waals surface area contributed by atoms with Crippen LogP contribution in [0.3, 0.4) is 0 Å². The van der Waals surface area contributed by atoms with E-state index < -0.39 is 34.8 Å². The van der Waals surface area contributed by atoms with Crippen molar-refractivity contribution < 1.29 is 19.3 Å². The van der Waals surface area contributed by atoms with Gasteiger partial charge in [-0.2, -0.15) is 0 Å². The molecule has 2 saturated heterocycles. The normalized spacial score (nSPS) is 21.3. The lowest BCUT2D eigenvalue weighted by atomic mass is 9.90. The van der Waals surface area contributed by atoms with Crippen molar-refractivity contribution in [3.05, 3.63) is 112 Å². The Morgan fingerprint density at radius 1 is 0.861 bits per heavy atom. The summed E-state index contributed by atoms with van der Waals surface area (Å²) in [6.07, 6.45) is -1.11. The number of nitro benzene ring substituents is 1. The molecule has 2 aliphatic heterocycles. The number of fused-ring (bicyclic) bond motifs is 2. The molecule has 0 saturated carbocycles. The summed E-state index contributed by atoms with van der Waals surface area (Å²) in [5.74, 6) is -1.91. The predicted octanol–water partition coefficient (Wildman–Crippen LogP) is 5.45. The molecule has 9 heteroatoms. The van der Waals surface area contributed by atoms with Gasteiger partial charge in [-0.3, -0.25) is 24.5 Å². The number of nitrogens with zero attached hydrogens (tertiary/aromatic N) is 3. The molecule has 3 unspecified atom stereocenters.